The minimum Gasteiger partial charge on any atom is -0.482 e. The quantitative estimate of drug-likeness (QED) is 0.820. The molecule has 1 N–H and O–H groups in total. The average Bonchev–Trinajstić information content (AvgIpc) is 2.52. The standard InChI is InChI=1S/C16H17NO5S/c1-12-4-3-5-13(10-12)17-23(19,20)15-8-6-14(7-9-15)22-11-16(18)21-2/h3-10,17H,11H2,1-2H3. The van der Waals surface area contributed by atoms with Crippen molar-refractivity contribution in [2.24, 2.45) is 0 Å². The third kappa shape index (κ3) is 4.72. The van der Waals surface area contributed by atoms with Crippen LogP contribution < -0.4 is 9.46 Å². The molecule has 23 heavy (non-hydrogen) atoms. The molecule has 0 aliphatic rings. The highest BCUT2D eigenvalue weighted by Gasteiger charge is 2.14. The van der Waals surface area contributed by atoms with Crippen molar-refractivity contribution < 1.29 is 22.7 Å². The number of hydrogen-bond donors (Lipinski definition) is 1. The molecule has 0 aromatic heterocycles. The smallest absolute Gasteiger partial charge is 0.343 e. The second-order valence-electron chi connectivity index (χ2n) is 4.81. The van der Waals surface area contributed by atoms with Crippen molar-refractivity contribution in [3.8, 4) is 5.75 Å². The van der Waals surface area contributed by atoms with Gasteiger partial charge < -0.3 is 9.47 Å². The first-order valence-corrected chi connectivity index (χ1v) is 8.28. The number of methoxy groups -OCH3 is 1. The van der Waals surface area contributed by atoms with E-state index in [-0.39, 0.29) is 11.5 Å². The Bertz CT molecular complexity index is 784. The molecule has 7 heteroatoms. The van der Waals surface area contributed by atoms with E-state index in [0.29, 0.717) is 11.4 Å². The van der Waals surface area contributed by atoms with Crippen LogP contribution in [-0.4, -0.2) is 28.1 Å². The van der Waals surface area contributed by atoms with Gasteiger partial charge in [0.2, 0.25) is 0 Å². The molecule has 0 amide bonds. The number of aryl methyl sites for hydroxylation is 1. The van der Waals surface area contributed by atoms with Gasteiger partial charge in [-0.3, -0.25) is 4.72 Å². The molecule has 0 unspecified atom stereocenters. The van der Waals surface area contributed by atoms with E-state index in [9.17, 15) is 13.2 Å². The van der Waals surface area contributed by atoms with Crippen molar-refractivity contribution in [3.63, 3.8) is 0 Å². The second-order valence-corrected chi connectivity index (χ2v) is 6.49. The van der Waals surface area contributed by atoms with Crippen LogP contribution in [0.5, 0.6) is 5.75 Å². The van der Waals surface area contributed by atoms with Gasteiger partial charge in [0, 0.05) is 5.69 Å². The topological polar surface area (TPSA) is 81.7 Å². The Morgan fingerprint density at radius 3 is 2.43 bits per heavy atom. The van der Waals surface area contributed by atoms with E-state index in [1.54, 1.807) is 18.2 Å². The van der Waals surface area contributed by atoms with Gasteiger partial charge in [-0.05, 0) is 48.9 Å². The summed E-state index contributed by atoms with van der Waals surface area (Å²) in [6.45, 7) is 1.65. The molecule has 6 nitrogen and oxygen atoms in total. The van der Waals surface area contributed by atoms with Crippen molar-refractivity contribution in [2.45, 2.75) is 11.8 Å². The van der Waals surface area contributed by atoms with Crippen LogP contribution in [0.25, 0.3) is 0 Å². The third-order valence-corrected chi connectivity index (χ3v) is 4.39. The summed E-state index contributed by atoms with van der Waals surface area (Å²) in [5.74, 6) is -0.132. The molecule has 0 radical (unpaired) electrons. The lowest BCUT2D eigenvalue weighted by molar-refractivity contribution is -0.142. The number of hydrogen-bond acceptors (Lipinski definition) is 5. The number of esters is 1. The van der Waals surface area contributed by atoms with Gasteiger partial charge in [0.1, 0.15) is 5.75 Å². The van der Waals surface area contributed by atoms with Crippen molar-refractivity contribution >= 4 is 21.7 Å². The van der Waals surface area contributed by atoms with E-state index in [0.717, 1.165) is 5.56 Å². The Kier molecular flexibility index (Phi) is 5.23. The number of sulfonamides is 1. The molecule has 2 aromatic rings. The van der Waals surface area contributed by atoms with E-state index in [1.807, 2.05) is 13.0 Å². The lowest BCUT2D eigenvalue weighted by atomic mass is 10.2. The summed E-state index contributed by atoms with van der Waals surface area (Å²) < 4.78 is 36.8. The van der Waals surface area contributed by atoms with E-state index >= 15 is 0 Å². The maximum Gasteiger partial charge on any atom is 0.343 e. The number of carbonyl (C=O) groups is 1. The first kappa shape index (κ1) is 16.8. The van der Waals surface area contributed by atoms with Crippen molar-refractivity contribution in [1.29, 1.82) is 0 Å². The second kappa shape index (κ2) is 7.15. The van der Waals surface area contributed by atoms with Crippen LogP contribution in [0.2, 0.25) is 0 Å². The van der Waals surface area contributed by atoms with Crippen molar-refractivity contribution in [3.05, 3.63) is 54.1 Å². The van der Waals surface area contributed by atoms with Gasteiger partial charge in [-0.15, -0.1) is 0 Å². The lowest BCUT2D eigenvalue weighted by Gasteiger charge is -2.10. The fourth-order valence-corrected chi connectivity index (χ4v) is 2.89. The fourth-order valence-electron chi connectivity index (χ4n) is 1.84. The molecular formula is C16H17NO5S. The minimum absolute atomic E-state index is 0.101. The largest absolute Gasteiger partial charge is 0.482 e. The van der Waals surface area contributed by atoms with Crippen LogP contribution in [0.3, 0.4) is 0 Å². The van der Waals surface area contributed by atoms with Gasteiger partial charge >= 0.3 is 5.97 Å². The Morgan fingerprint density at radius 2 is 1.83 bits per heavy atom. The van der Waals surface area contributed by atoms with Gasteiger partial charge in [-0.1, -0.05) is 12.1 Å². The van der Waals surface area contributed by atoms with Gasteiger partial charge in [0.15, 0.2) is 6.61 Å². The monoisotopic (exact) mass is 335 g/mol. The molecule has 0 saturated heterocycles. The zero-order valence-electron chi connectivity index (χ0n) is 12.8. The molecule has 0 spiro atoms. The average molecular weight is 335 g/mol. The number of ether oxygens (including phenoxy) is 2. The minimum atomic E-state index is -3.68. The van der Waals surface area contributed by atoms with Crippen LogP contribution in [-0.2, 0) is 19.6 Å². The molecule has 2 aromatic carbocycles. The van der Waals surface area contributed by atoms with Gasteiger partial charge in [0.25, 0.3) is 10.0 Å². The molecule has 0 aliphatic heterocycles. The molecule has 0 atom stereocenters. The zero-order chi connectivity index (χ0) is 16.9. The van der Waals surface area contributed by atoms with Gasteiger partial charge in [-0.25, -0.2) is 13.2 Å². The zero-order valence-corrected chi connectivity index (χ0v) is 13.6. The number of anilines is 1. The SMILES string of the molecule is COC(=O)COc1ccc(S(=O)(=O)Nc2cccc(C)c2)cc1. The normalized spacial score (nSPS) is 10.9. The highest BCUT2D eigenvalue weighted by molar-refractivity contribution is 7.92. The summed E-state index contributed by atoms with van der Waals surface area (Å²) in [4.78, 5) is 11.1. The lowest BCUT2D eigenvalue weighted by Crippen LogP contribution is -2.14. The van der Waals surface area contributed by atoms with Crippen LogP contribution in [0.15, 0.2) is 53.4 Å². The summed E-state index contributed by atoms with van der Waals surface area (Å²) in [5, 5.41) is 0. The third-order valence-electron chi connectivity index (χ3n) is 2.99. The number of nitrogens with one attached hydrogen (secondary N) is 1. The highest BCUT2D eigenvalue weighted by Crippen LogP contribution is 2.19. The van der Waals surface area contributed by atoms with Crippen LogP contribution in [0.4, 0.5) is 5.69 Å². The van der Waals surface area contributed by atoms with Crippen LogP contribution >= 0.6 is 0 Å². The Labute approximate surface area is 135 Å². The predicted octanol–water partition coefficient (Wildman–Crippen LogP) is 2.35. The maximum absolute atomic E-state index is 12.3. The summed E-state index contributed by atoms with van der Waals surface area (Å²) in [6, 6.07) is 12.9. The first-order chi connectivity index (χ1) is 10.9. The summed E-state index contributed by atoms with van der Waals surface area (Å²) in [6.07, 6.45) is 0. The van der Waals surface area contributed by atoms with Crippen LogP contribution in [0.1, 0.15) is 5.56 Å². The van der Waals surface area contributed by atoms with Crippen LogP contribution in [0, 0.1) is 6.92 Å². The molecule has 0 aliphatic carbocycles. The van der Waals surface area contributed by atoms with Crippen molar-refractivity contribution in [1.82, 2.24) is 0 Å². The number of carbonyl (C=O) groups excluding carboxylic acids is 1. The maximum atomic E-state index is 12.3. The fraction of sp³-hybridized carbons (Fsp3) is 0.188. The van der Waals surface area contributed by atoms with Crippen molar-refractivity contribution in [2.75, 3.05) is 18.4 Å². The molecule has 2 rings (SSSR count). The summed E-state index contributed by atoms with van der Waals surface area (Å²) in [7, 11) is -2.42. The Hall–Kier alpha value is -2.54. The summed E-state index contributed by atoms with van der Waals surface area (Å²) >= 11 is 0. The Morgan fingerprint density at radius 1 is 1.13 bits per heavy atom. The molecule has 0 bridgehead atoms. The molecule has 0 saturated carbocycles. The molecule has 0 heterocycles. The molecule has 122 valence electrons. The number of rotatable bonds is 6. The number of benzene rings is 2. The van der Waals surface area contributed by atoms with E-state index < -0.39 is 16.0 Å². The van der Waals surface area contributed by atoms with E-state index in [4.69, 9.17) is 4.74 Å². The predicted molar refractivity (Wildman–Crippen MR) is 85.9 cm³/mol. The van der Waals surface area contributed by atoms with E-state index in [1.165, 1.54) is 31.4 Å². The van der Waals surface area contributed by atoms with Gasteiger partial charge in [-0.2, -0.15) is 0 Å². The van der Waals surface area contributed by atoms with Gasteiger partial charge in [0.05, 0.1) is 12.0 Å². The molecular weight excluding hydrogens is 318 g/mol. The highest BCUT2D eigenvalue weighted by atomic mass is 32.2. The molecule has 0 fully saturated rings. The first-order valence-electron chi connectivity index (χ1n) is 6.80. The summed E-state index contributed by atoms with van der Waals surface area (Å²) in [5.41, 5.74) is 1.45. The Balaban J connectivity index is 2.09. The van der Waals surface area contributed by atoms with E-state index in [2.05, 4.69) is 9.46 Å².